The van der Waals surface area contributed by atoms with E-state index in [4.69, 9.17) is 25.7 Å². The van der Waals surface area contributed by atoms with Crippen LogP contribution in [-0.2, 0) is 59.2 Å². The fourth-order valence-corrected chi connectivity index (χ4v) is 8.51. The SMILES string of the molecule is CC[C@H](C)[C@H](NC(=O)[C@@H](CCCNC(=N)N)NC(=O)[C@H](CC(C)(C)C)NC(=O)[C@@H](NC(=O)[C@@H](NC(=O)OCc1ccccc1)[C@H](NC(=O)OC(C)(C)C)c1ccccc1)[C@H](O)C(C)C)C(=O)N[C@H](C(=O)NCC(=O)N[C@@H](CO)C(=O)N[C@@H](CO)C(=O)O)[C@H](C)O. The number of carbonyl (C=O) groups excluding carboxylic acids is 10. The summed E-state index contributed by atoms with van der Waals surface area (Å²) < 4.78 is 11.0. The molecular weight excluding hydrogens is 1180 g/mol. The lowest BCUT2D eigenvalue weighted by Crippen LogP contribution is -2.63. The van der Waals surface area contributed by atoms with Crippen molar-refractivity contribution in [2.75, 3.05) is 26.3 Å². The first-order valence-corrected chi connectivity index (χ1v) is 29.3. The highest BCUT2D eigenvalue weighted by atomic mass is 16.6. The van der Waals surface area contributed by atoms with E-state index >= 15 is 0 Å². The number of guanidine groups is 1. The first-order valence-electron chi connectivity index (χ1n) is 29.3. The van der Waals surface area contributed by atoms with Gasteiger partial charge in [0, 0.05) is 6.54 Å². The van der Waals surface area contributed by atoms with Gasteiger partial charge in [-0.15, -0.1) is 0 Å². The zero-order valence-corrected chi connectivity index (χ0v) is 52.8. The van der Waals surface area contributed by atoms with E-state index in [0.717, 1.165) is 6.92 Å². The lowest BCUT2D eigenvalue weighted by Gasteiger charge is -2.33. The number of carboxylic acid groups (broad SMARTS) is 1. The Morgan fingerprint density at radius 2 is 1.09 bits per heavy atom. The number of hydrogen-bond donors (Lipinski definition) is 18. The Labute approximate surface area is 523 Å². The second-order valence-corrected chi connectivity index (χ2v) is 24.0. The van der Waals surface area contributed by atoms with Crippen LogP contribution in [0.2, 0.25) is 0 Å². The fourth-order valence-electron chi connectivity index (χ4n) is 8.51. The number of ether oxygens (including phenoxy) is 2. The molecule has 0 aliphatic rings. The van der Waals surface area contributed by atoms with Gasteiger partial charge in [0.2, 0.25) is 47.3 Å². The van der Waals surface area contributed by atoms with E-state index in [0.29, 0.717) is 11.1 Å². The largest absolute Gasteiger partial charge is 0.480 e. The van der Waals surface area contributed by atoms with Crippen molar-refractivity contribution >= 4 is 71.4 Å². The molecule has 502 valence electrons. The Balaban J connectivity index is 2.57. The van der Waals surface area contributed by atoms with Crippen molar-refractivity contribution in [3.8, 4) is 0 Å². The van der Waals surface area contributed by atoms with Crippen LogP contribution in [-0.4, -0.2) is 189 Å². The maximum absolute atomic E-state index is 14.9. The average Bonchev–Trinajstić information content (AvgIpc) is 1.80. The molecule has 2 rings (SSSR count). The number of rotatable bonds is 35. The van der Waals surface area contributed by atoms with E-state index in [1.807, 2.05) is 5.32 Å². The van der Waals surface area contributed by atoms with Crippen LogP contribution in [0.15, 0.2) is 60.7 Å². The Bertz CT molecular complexity index is 2730. The first-order chi connectivity index (χ1) is 42.0. The molecule has 0 aliphatic heterocycles. The normalized spacial score (nSPS) is 15.4. The minimum absolute atomic E-state index is 0.0197. The molecule has 31 heteroatoms. The first kappa shape index (κ1) is 77.4. The maximum atomic E-state index is 14.9. The highest BCUT2D eigenvalue weighted by Gasteiger charge is 2.41. The number of amides is 10. The average molecular weight is 1270 g/mol. The minimum Gasteiger partial charge on any atom is -0.480 e. The minimum atomic E-state index is -1.88. The Kier molecular flexibility index (Phi) is 32.1. The van der Waals surface area contributed by atoms with Crippen molar-refractivity contribution in [2.24, 2.45) is 23.0 Å². The molecule has 31 nitrogen and oxygen atoms in total. The van der Waals surface area contributed by atoms with Crippen LogP contribution in [0.1, 0.15) is 119 Å². The molecule has 0 radical (unpaired) electrons. The molecule has 10 amide bonds. The maximum Gasteiger partial charge on any atom is 0.408 e. The number of carboxylic acids is 1. The van der Waals surface area contributed by atoms with Crippen molar-refractivity contribution in [3.63, 3.8) is 0 Å². The fraction of sp³-hybridized carbons (Fsp3) is 0.593. The molecule has 0 saturated carbocycles. The summed E-state index contributed by atoms with van der Waals surface area (Å²) in [5.41, 5.74) is 4.61. The van der Waals surface area contributed by atoms with Gasteiger partial charge >= 0.3 is 18.2 Å². The molecule has 2 aromatic carbocycles. The molecule has 0 heterocycles. The van der Waals surface area contributed by atoms with Crippen molar-refractivity contribution < 1.29 is 87.7 Å². The summed E-state index contributed by atoms with van der Waals surface area (Å²) in [5.74, 6) is -12.0. The molecule has 2 aromatic rings. The number of aliphatic carboxylic acids is 1. The van der Waals surface area contributed by atoms with Crippen molar-refractivity contribution in [3.05, 3.63) is 71.8 Å². The van der Waals surface area contributed by atoms with E-state index in [9.17, 15) is 73.2 Å². The molecule has 0 bridgehead atoms. The van der Waals surface area contributed by atoms with Crippen LogP contribution in [0.25, 0.3) is 0 Å². The van der Waals surface area contributed by atoms with Crippen LogP contribution in [0, 0.1) is 22.7 Å². The Morgan fingerprint density at radius 1 is 0.578 bits per heavy atom. The summed E-state index contributed by atoms with van der Waals surface area (Å²) in [6.45, 7) is 14.4. The van der Waals surface area contributed by atoms with Gasteiger partial charge < -0.3 is 99.2 Å². The third-order valence-electron chi connectivity index (χ3n) is 13.5. The van der Waals surface area contributed by atoms with Gasteiger partial charge in [0.1, 0.15) is 60.5 Å². The predicted octanol–water partition coefficient (Wildman–Crippen LogP) is -1.73. The Morgan fingerprint density at radius 3 is 1.61 bits per heavy atom. The smallest absolute Gasteiger partial charge is 0.408 e. The molecule has 90 heavy (non-hydrogen) atoms. The molecule has 0 unspecified atom stereocenters. The summed E-state index contributed by atoms with van der Waals surface area (Å²) in [7, 11) is 0. The number of hydrogen-bond acceptors (Lipinski definition) is 18. The van der Waals surface area contributed by atoms with Gasteiger partial charge in [-0.3, -0.25) is 43.8 Å². The van der Waals surface area contributed by atoms with Gasteiger partial charge in [-0.1, -0.05) is 116 Å². The molecular formula is C59H93N13O18. The lowest BCUT2D eigenvalue weighted by molar-refractivity contribution is -0.143. The van der Waals surface area contributed by atoms with Crippen LogP contribution in [0.3, 0.4) is 0 Å². The molecule has 0 aliphatic carbocycles. The van der Waals surface area contributed by atoms with Crippen molar-refractivity contribution in [1.29, 1.82) is 5.41 Å². The third-order valence-corrected chi connectivity index (χ3v) is 13.5. The van der Waals surface area contributed by atoms with Gasteiger partial charge in [-0.05, 0) is 75.3 Å². The van der Waals surface area contributed by atoms with Gasteiger partial charge in [0.25, 0.3) is 0 Å². The highest BCUT2D eigenvalue weighted by Crippen LogP contribution is 2.24. The summed E-state index contributed by atoms with van der Waals surface area (Å²) in [5, 5.41) is 84.8. The zero-order chi connectivity index (χ0) is 68.2. The number of alkyl carbamates (subject to hydrolysis) is 2. The second kappa shape index (κ2) is 37.3. The molecule has 0 aromatic heterocycles. The van der Waals surface area contributed by atoms with E-state index < -0.39 is 181 Å². The number of benzene rings is 2. The molecule has 12 atom stereocenters. The van der Waals surface area contributed by atoms with Crippen LogP contribution < -0.4 is 64.2 Å². The molecule has 0 fully saturated rings. The lowest BCUT2D eigenvalue weighted by atomic mass is 9.87. The quantitative estimate of drug-likeness (QED) is 0.0207. The van der Waals surface area contributed by atoms with Crippen LogP contribution in [0.4, 0.5) is 9.59 Å². The van der Waals surface area contributed by atoms with Gasteiger partial charge in [-0.2, -0.15) is 0 Å². The summed E-state index contributed by atoms with van der Waals surface area (Å²) >= 11 is 0. The van der Waals surface area contributed by atoms with Crippen LogP contribution in [0.5, 0.6) is 0 Å². The number of aliphatic hydroxyl groups excluding tert-OH is 4. The topological polar surface area (TPSA) is 490 Å². The number of nitrogens with one attached hydrogen (secondary N) is 12. The third kappa shape index (κ3) is 27.8. The van der Waals surface area contributed by atoms with Gasteiger partial charge in [0.15, 0.2) is 5.96 Å². The van der Waals surface area contributed by atoms with E-state index in [-0.39, 0.29) is 38.8 Å². The summed E-state index contributed by atoms with van der Waals surface area (Å²) in [6.07, 6.45) is -5.44. The second-order valence-electron chi connectivity index (χ2n) is 24.0. The number of aliphatic hydroxyl groups is 4. The number of nitrogens with two attached hydrogens (primary N) is 1. The zero-order valence-electron chi connectivity index (χ0n) is 52.8. The predicted molar refractivity (Wildman–Crippen MR) is 326 cm³/mol. The van der Waals surface area contributed by atoms with E-state index in [1.165, 1.54) is 0 Å². The molecule has 19 N–H and O–H groups in total. The van der Waals surface area contributed by atoms with E-state index in [2.05, 4.69) is 53.2 Å². The highest BCUT2D eigenvalue weighted by molar-refractivity contribution is 5.98. The van der Waals surface area contributed by atoms with Gasteiger partial charge in [0.05, 0.1) is 38.0 Å². The van der Waals surface area contributed by atoms with Gasteiger partial charge in [-0.25, -0.2) is 14.4 Å². The monoisotopic (exact) mass is 1270 g/mol. The molecule has 0 saturated heterocycles. The van der Waals surface area contributed by atoms with Crippen LogP contribution >= 0.6 is 0 Å². The summed E-state index contributed by atoms with van der Waals surface area (Å²) in [6, 6.07) is 1.73. The van der Waals surface area contributed by atoms with E-state index in [1.54, 1.807) is 130 Å². The van der Waals surface area contributed by atoms with Crippen molar-refractivity contribution in [1.82, 2.24) is 58.5 Å². The standard InChI is InChI=1S/C59H93N13O18/c1-12-32(4)41(51(82)69-42(33(5)75)50(81)63-27-40(76)64-38(28-73)49(80)67-39(29-74)54(85)86)68-47(78)36(24-19-25-62-55(60)61)65-48(79)37(26-58(6,7)8)66-53(84)45(46(77)31(2)3)70-52(83)44(72-56(87)89-30-34-20-15-13-16-21-34)43(35-22-17-14-18-23-35)71-57(88)90-59(9,10)11/h13-18,20-23,31-33,36-39,41-46,73-75,77H,12,19,24-30H2,1-11H3,(H,63,81)(H,64,76)(H,65,79)(H,66,84)(H,67,80)(H,68,78)(H,69,82)(H,70,83)(H,71,88)(H,72,87)(H,85,86)(H4,60,61,62)/t32-,33-,36+,37-,38-,39-,41-,42-,43+,44-,45-,46+/m0/s1. The molecule has 0 spiro atoms. The summed E-state index contributed by atoms with van der Waals surface area (Å²) in [4.78, 5) is 150. The number of carbonyl (C=O) groups is 11. The van der Waals surface area contributed by atoms with Crippen molar-refractivity contribution in [2.45, 2.75) is 181 Å². The Hall–Kier alpha value is -8.68.